The Morgan fingerprint density at radius 2 is 1.92 bits per heavy atom. The Labute approximate surface area is 145 Å². The summed E-state index contributed by atoms with van der Waals surface area (Å²) in [5.41, 5.74) is -0.634. The lowest BCUT2D eigenvalue weighted by atomic mass is 10.0. The fourth-order valence-electron chi connectivity index (χ4n) is 2.58. The number of anilines is 1. The standard InChI is InChI=1S/C17H13F3N2O4/c18-17(19,20)10-2-3-11(12(7-10)16(24)25)15(23)22-14-4-1-9-5-6-26-8-13(9)21-14/h1-4,7H,5-6,8H2,(H,24,25)(H,21,22,23). The van der Waals surface area contributed by atoms with E-state index in [2.05, 4.69) is 10.3 Å². The van der Waals surface area contributed by atoms with Gasteiger partial charge < -0.3 is 15.2 Å². The van der Waals surface area contributed by atoms with E-state index >= 15 is 0 Å². The molecule has 9 heteroatoms. The summed E-state index contributed by atoms with van der Waals surface area (Å²) in [4.78, 5) is 27.8. The van der Waals surface area contributed by atoms with E-state index in [1.807, 2.05) is 0 Å². The second-order valence-corrected chi connectivity index (χ2v) is 5.62. The molecule has 3 rings (SSSR count). The van der Waals surface area contributed by atoms with Crippen LogP contribution in [-0.2, 0) is 23.9 Å². The smallest absolute Gasteiger partial charge is 0.416 e. The summed E-state index contributed by atoms with van der Waals surface area (Å²) in [5, 5.41) is 11.6. The molecule has 2 aromatic rings. The van der Waals surface area contributed by atoms with Crippen molar-refractivity contribution in [3.05, 3.63) is 58.3 Å². The molecule has 0 fully saturated rings. The van der Waals surface area contributed by atoms with Crippen molar-refractivity contribution >= 4 is 17.7 Å². The molecule has 0 radical (unpaired) electrons. The number of carboxylic acids is 1. The number of amides is 1. The van der Waals surface area contributed by atoms with Gasteiger partial charge in [0.25, 0.3) is 5.91 Å². The number of carbonyl (C=O) groups excluding carboxylic acids is 1. The second-order valence-electron chi connectivity index (χ2n) is 5.62. The van der Waals surface area contributed by atoms with Crippen LogP contribution in [-0.4, -0.2) is 28.6 Å². The molecule has 0 saturated carbocycles. The van der Waals surface area contributed by atoms with Crippen LogP contribution in [0.2, 0.25) is 0 Å². The van der Waals surface area contributed by atoms with Gasteiger partial charge in [-0.05, 0) is 36.2 Å². The SMILES string of the molecule is O=C(O)c1cc(C(F)(F)F)ccc1C(=O)Nc1ccc2c(n1)COCC2. The fraction of sp³-hybridized carbons (Fsp3) is 0.235. The number of rotatable bonds is 3. The lowest BCUT2D eigenvalue weighted by Crippen LogP contribution is -2.20. The number of alkyl halides is 3. The average molecular weight is 366 g/mol. The van der Waals surface area contributed by atoms with Crippen LogP contribution in [0.3, 0.4) is 0 Å². The molecule has 6 nitrogen and oxygen atoms in total. The molecule has 136 valence electrons. The third-order valence-electron chi connectivity index (χ3n) is 3.89. The summed E-state index contributed by atoms with van der Waals surface area (Å²) in [5.74, 6) is -2.33. The number of halogens is 3. The minimum atomic E-state index is -4.71. The molecule has 1 aromatic heterocycles. The van der Waals surface area contributed by atoms with E-state index in [-0.39, 0.29) is 11.4 Å². The van der Waals surface area contributed by atoms with Gasteiger partial charge in [-0.1, -0.05) is 6.07 Å². The highest BCUT2D eigenvalue weighted by Crippen LogP contribution is 2.31. The Bertz CT molecular complexity index is 881. The first-order valence-electron chi connectivity index (χ1n) is 7.58. The largest absolute Gasteiger partial charge is 0.478 e. The monoisotopic (exact) mass is 366 g/mol. The van der Waals surface area contributed by atoms with Crippen molar-refractivity contribution in [2.45, 2.75) is 19.2 Å². The van der Waals surface area contributed by atoms with Crippen molar-refractivity contribution in [2.75, 3.05) is 11.9 Å². The van der Waals surface area contributed by atoms with Gasteiger partial charge in [0.05, 0.1) is 35.6 Å². The maximum atomic E-state index is 12.8. The van der Waals surface area contributed by atoms with Crippen LogP contribution in [0.5, 0.6) is 0 Å². The number of aromatic carboxylic acids is 1. The highest BCUT2D eigenvalue weighted by Gasteiger charge is 2.32. The highest BCUT2D eigenvalue weighted by molar-refractivity contribution is 6.10. The summed E-state index contributed by atoms with van der Waals surface area (Å²) in [6.07, 6.45) is -4.02. The molecule has 0 spiro atoms. The van der Waals surface area contributed by atoms with Gasteiger partial charge in [0.15, 0.2) is 0 Å². The topological polar surface area (TPSA) is 88.5 Å². The number of hydrogen-bond donors (Lipinski definition) is 2. The number of pyridine rings is 1. The first-order valence-corrected chi connectivity index (χ1v) is 7.58. The third-order valence-corrected chi connectivity index (χ3v) is 3.89. The molecule has 1 aliphatic rings. The van der Waals surface area contributed by atoms with Gasteiger partial charge in [-0.15, -0.1) is 0 Å². The van der Waals surface area contributed by atoms with Crippen LogP contribution >= 0.6 is 0 Å². The number of fused-ring (bicyclic) bond motifs is 1. The fourth-order valence-corrected chi connectivity index (χ4v) is 2.58. The van der Waals surface area contributed by atoms with Crippen molar-refractivity contribution < 1.29 is 32.6 Å². The van der Waals surface area contributed by atoms with Crippen molar-refractivity contribution in [3.8, 4) is 0 Å². The maximum Gasteiger partial charge on any atom is 0.416 e. The predicted molar refractivity (Wildman–Crippen MR) is 84.0 cm³/mol. The van der Waals surface area contributed by atoms with Gasteiger partial charge >= 0.3 is 12.1 Å². The van der Waals surface area contributed by atoms with E-state index in [0.717, 1.165) is 11.6 Å². The lowest BCUT2D eigenvalue weighted by molar-refractivity contribution is -0.137. The van der Waals surface area contributed by atoms with Crippen LogP contribution in [0.1, 0.15) is 37.5 Å². The molecule has 1 amide bonds. The van der Waals surface area contributed by atoms with Crippen LogP contribution in [0, 0.1) is 0 Å². The summed E-state index contributed by atoms with van der Waals surface area (Å²) in [6, 6.07) is 5.25. The molecule has 2 N–H and O–H groups in total. The predicted octanol–water partition coefficient (Wildman–Crippen LogP) is 3.12. The molecule has 0 saturated heterocycles. The Kier molecular flexibility index (Phi) is 4.64. The quantitative estimate of drug-likeness (QED) is 0.871. The van der Waals surface area contributed by atoms with E-state index < -0.39 is 29.2 Å². The van der Waals surface area contributed by atoms with Gasteiger partial charge in [-0.2, -0.15) is 13.2 Å². The molecule has 26 heavy (non-hydrogen) atoms. The normalized spacial score (nSPS) is 13.8. The van der Waals surface area contributed by atoms with Crippen LogP contribution < -0.4 is 5.32 Å². The average Bonchev–Trinajstić information content (AvgIpc) is 2.60. The third kappa shape index (κ3) is 3.67. The highest BCUT2D eigenvalue weighted by atomic mass is 19.4. The van der Waals surface area contributed by atoms with E-state index in [1.54, 1.807) is 12.1 Å². The van der Waals surface area contributed by atoms with Gasteiger partial charge in [0, 0.05) is 0 Å². The summed E-state index contributed by atoms with van der Waals surface area (Å²) in [7, 11) is 0. The minimum Gasteiger partial charge on any atom is -0.478 e. The molecule has 1 aliphatic heterocycles. The molecule has 2 heterocycles. The Morgan fingerprint density at radius 1 is 1.15 bits per heavy atom. The van der Waals surface area contributed by atoms with Crippen LogP contribution in [0.4, 0.5) is 19.0 Å². The van der Waals surface area contributed by atoms with E-state index in [0.29, 0.717) is 37.5 Å². The number of aromatic nitrogens is 1. The summed E-state index contributed by atoms with van der Waals surface area (Å²) in [6.45, 7) is 0.869. The van der Waals surface area contributed by atoms with Gasteiger partial charge in [0.1, 0.15) is 5.82 Å². The molecular weight excluding hydrogens is 353 g/mol. The van der Waals surface area contributed by atoms with Crippen molar-refractivity contribution in [1.82, 2.24) is 4.98 Å². The Hall–Kier alpha value is -2.94. The Balaban J connectivity index is 1.89. The maximum absolute atomic E-state index is 12.8. The number of benzene rings is 1. The summed E-state index contributed by atoms with van der Waals surface area (Å²) < 4.78 is 43.5. The molecule has 0 atom stereocenters. The van der Waals surface area contributed by atoms with Crippen LogP contribution in [0.15, 0.2) is 30.3 Å². The number of carbonyl (C=O) groups is 2. The van der Waals surface area contributed by atoms with Crippen LogP contribution in [0.25, 0.3) is 0 Å². The zero-order valence-corrected chi connectivity index (χ0v) is 13.3. The van der Waals surface area contributed by atoms with Crippen molar-refractivity contribution in [1.29, 1.82) is 0 Å². The van der Waals surface area contributed by atoms with Crippen molar-refractivity contribution in [3.63, 3.8) is 0 Å². The molecule has 0 aliphatic carbocycles. The zero-order valence-electron chi connectivity index (χ0n) is 13.3. The van der Waals surface area contributed by atoms with E-state index in [4.69, 9.17) is 9.84 Å². The molecule has 0 bridgehead atoms. The number of ether oxygens (including phenoxy) is 1. The van der Waals surface area contributed by atoms with Gasteiger partial charge in [-0.3, -0.25) is 4.79 Å². The van der Waals surface area contributed by atoms with Gasteiger partial charge in [0.2, 0.25) is 0 Å². The number of nitrogens with zero attached hydrogens (tertiary/aromatic N) is 1. The molecule has 1 aromatic carbocycles. The number of hydrogen-bond acceptors (Lipinski definition) is 4. The van der Waals surface area contributed by atoms with E-state index in [1.165, 1.54) is 0 Å². The molecular formula is C17H13F3N2O4. The Morgan fingerprint density at radius 3 is 2.62 bits per heavy atom. The summed E-state index contributed by atoms with van der Waals surface area (Å²) >= 11 is 0. The first kappa shape index (κ1) is 17.9. The zero-order chi connectivity index (χ0) is 18.9. The molecule has 0 unspecified atom stereocenters. The van der Waals surface area contributed by atoms with Crippen molar-refractivity contribution in [2.24, 2.45) is 0 Å². The number of carboxylic acid groups (broad SMARTS) is 1. The van der Waals surface area contributed by atoms with Gasteiger partial charge in [-0.25, -0.2) is 9.78 Å². The lowest BCUT2D eigenvalue weighted by Gasteiger charge is -2.16. The van der Waals surface area contributed by atoms with E-state index in [9.17, 15) is 22.8 Å². The number of nitrogens with one attached hydrogen (secondary N) is 1. The first-order chi connectivity index (χ1) is 12.3. The minimum absolute atomic E-state index is 0.162. The second kappa shape index (κ2) is 6.75.